The second kappa shape index (κ2) is 7.46. The molecule has 1 heterocycles. The van der Waals surface area contributed by atoms with Crippen LogP contribution in [0.4, 0.5) is 4.79 Å². The molecule has 0 spiro atoms. The number of piperidine rings is 1. The van der Waals surface area contributed by atoms with Crippen molar-refractivity contribution in [3.8, 4) is 5.75 Å². The summed E-state index contributed by atoms with van der Waals surface area (Å²) in [5.74, 6) is 0.272. The molecule has 1 saturated heterocycles. The van der Waals surface area contributed by atoms with E-state index >= 15 is 0 Å². The van der Waals surface area contributed by atoms with Gasteiger partial charge in [0.25, 0.3) is 0 Å². The highest BCUT2D eigenvalue weighted by Crippen LogP contribution is 2.18. The van der Waals surface area contributed by atoms with E-state index < -0.39 is 11.5 Å². The van der Waals surface area contributed by atoms with Crippen molar-refractivity contribution < 1.29 is 19.2 Å². The summed E-state index contributed by atoms with van der Waals surface area (Å²) < 4.78 is 5.20. The summed E-state index contributed by atoms with van der Waals surface area (Å²) in [6.07, 6.45) is 0.962. The summed E-state index contributed by atoms with van der Waals surface area (Å²) in [5, 5.41) is 4.50. The highest BCUT2D eigenvalue weighted by molar-refractivity contribution is 5.75. The molecule has 0 saturated carbocycles. The van der Waals surface area contributed by atoms with Crippen LogP contribution in [0.25, 0.3) is 0 Å². The van der Waals surface area contributed by atoms with E-state index in [1.165, 1.54) is 0 Å². The summed E-state index contributed by atoms with van der Waals surface area (Å²) in [7, 11) is 0. The lowest BCUT2D eigenvalue weighted by molar-refractivity contribution is -0.204. The van der Waals surface area contributed by atoms with E-state index in [0.29, 0.717) is 31.7 Å². The predicted molar refractivity (Wildman–Crippen MR) is 85.7 cm³/mol. The van der Waals surface area contributed by atoms with Crippen LogP contribution in [-0.2, 0) is 9.63 Å². The van der Waals surface area contributed by atoms with Crippen molar-refractivity contribution in [2.75, 3.05) is 13.1 Å². The van der Waals surface area contributed by atoms with E-state index in [2.05, 4.69) is 5.32 Å². The van der Waals surface area contributed by atoms with Crippen LogP contribution in [0.15, 0.2) is 30.3 Å². The lowest BCUT2D eigenvalue weighted by Gasteiger charge is -2.32. The third kappa shape index (κ3) is 5.56. The van der Waals surface area contributed by atoms with Gasteiger partial charge in [-0.2, -0.15) is 0 Å². The van der Waals surface area contributed by atoms with Gasteiger partial charge in [0.2, 0.25) is 0 Å². The summed E-state index contributed by atoms with van der Waals surface area (Å²) in [6, 6.07) is 8.97. The largest absolute Gasteiger partial charge is 0.412 e. The summed E-state index contributed by atoms with van der Waals surface area (Å²) in [4.78, 5) is 29.0. The number of carbonyl (C=O) groups excluding carboxylic acids is 2. The number of carbonyl (C=O) groups is 2. The Bertz CT molecular complexity index is 531. The smallest absolute Gasteiger partial charge is 0.410 e. The third-order valence-corrected chi connectivity index (χ3v) is 3.55. The zero-order valence-corrected chi connectivity index (χ0v) is 13.9. The normalized spacial score (nSPS) is 16.7. The summed E-state index contributed by atoms with van der Waals surface area (Å²) in [5.41, 5.74) is -0.519. The summed E-state index contributed by atoms with van der Waals surface area (Å²) in [6.45, 7) is 6.66. The number of hydrogen-bond donors (Lipinski definition) is 1. The first-order chi connectivity index (χ1) is 10.8. The van der Waals surface area contributed by atoms with E-state index in [-0.39, 0.29) is 12.0 Å². The van der Waals surface area contributed by atoms with Crippen molar-refractivity contribution in [1.29, 1.82) is 0 Å². The molecule has 23 heavy (non-hydrogen) atoms. The van der Waals surface area contributed by atoms with Crippen LogP contribution < -0.4 is 10.1 Å². The van der Waals surface area contributed by atoms with Gasteiger partial charge in [0.05, 0.1) is 5.41 Å². The van der Waals surface area contributed by atoms with Crippen LogP contribution in [0.5, 0.6) is 5.75 Å². The number of nitrogens with one attached hydrogen (secondary N) is 1. The molecule has 126 valence electrons. The molecule has 1 aromatic carbocycles. The monoisotopic (exact) mass is 320 g/mol. The lowest BCUT2D eigenvalue weighted by Crippen LogP contribution is -2.46. The molecule has 0 atom stereocenters. The highest BCUT2D eigenvalue weighted by Gasteiger charge is 2.28. The molecule has 0 aliphatic carbocycles. The van der Waals surface area contributed by atoms with Crippen LogP contribution in [-0.4, -0.2) is 36.3 Å². The van der Waals surface area contributed by atoms with E-state index in [9.17, 15) is 9.59 Å². The van der Waals surface area contributed by atoms with Crippen molar-refractivity contribution >= 4 is 12.1 Å². The minimum atomic E-state index is -0.519. The maximum atomic E-state index is 11.8. The first kappa shape index (κ1) is 17.3. The number of para-hydroxylation sites is 1. The minimum Gasteiger partial charge on any atom is -0.410 e. The first-order valence-corrected chi connectivity index (χ1v) is 7.85. The quantitative estimate of drug-likeness (QED) is 0.927. The van der Waals surface area contributed by atoms with Crippen LogP contribution in [0.2, 0.25) is 0 Å². The molecule has 1 N–H and O–H groups in total. The van der Waals surface area contributed by atoms with Gasteiger partial charge in [0, 0.05) is 19.1 Å². The molecule has 1 fully saturated rings. The molecule has 0 aromatic heterocycles. The topological polar surface area (TPSA) is 67.9 Å². The van der Waals surface area contributed by atoms with Gasteiger partial charge in [-0.15, -0.1) is 5.06 Å². The molecule has 6 nitrogen and oxygen atoms in total. The maximum absolute atomic E-state index is 11.8. The third-order valence-electron chi connectivity index (χ3n) is 3.55. The number of rotatable bonds is 3. The van der Waals surface area contributed by atoms with Gasteiger partial charge >= 0.3 is 12.1 Å². The molecule has 0 radical (unpaired) electrons. The van der Waals surface area contributed by atoms with Crippen molar-refractivity contribution in [2.24, 2.45) is 5.41 Å². The van der Waals surface area contributed by atoms with Crippen LogP contribution >= 0.6 is 0 Å². The van der Waals surface area contributed by atoms with Crippen LogP contribution in [0.1, 0.15) is 33.6 Å². The Labute approximate surface area is 136 Å². The fourth-order valence-electron chi connectivity index (χ4n) is 2.14. The highest BCUT2D eigenvalue weighted by atomic mass is 16.7. The minimum absolute atomic E-state index is 0.0239. The molecule has 1 amide bonds. The predicted octanol–water partition coefficient (Wildman–Crippen LogP) is 2.74. The fraction of sp³-hybridized carbons (Fsp3) is 0.529. The van der Waals surface area contributed by atoms with E-state index in [4.69, 9.17) is 9.57 Å². The number of hydroxylamine groups is 2. The Morgan fingerprint density at radius 3 is 2.30 bits per heavy atom. The molecule has 2 rings (SSSR count). The molecular formula is C17H24N2O4. The van der Waals surface area contributed by atoms with Gasteiger partial charge in [-0.05, 0) is 45.7 Å². The fourth-order valence-corrected chi connectivity index (χ4v) is 2.14. The van der Waals surface area contributed by atoms with Gasteiger partial charge in [0.1, 0.15) is 5.75 Å². The van der Waals surface area contributed by atoms with Gasteiger partial charge in [0.15, 0.2) is 0 Å². The Hall–Kier alpha value is -2.08. The average Bonchev–Trinajstić information content (AvgIpc) is 2.49. The van der Waals surface area contributed by atoms with Crippen molar-refractivity contribution in [1.82, 2.24) is 10.4 Å². The molecule has 6 heteroatoms. The summed E-state index contributed by atoms with van der Waals surface area (Å²) >= 11 is 0. The van der Waals surface area contributed by atoms with Crippen molar-refractivity contribution in [3.05, 3.63) is 30.3 Å². The molecule has 0 unspecified atom stereocenters. The second-order valence-corrected chi connectivity index (χ2v) is 6.68. The lowest BCUT2D eigenvalue weighted by atomic mass is 9.98. The zero-order chi connectivity index (χ0) is 16.9. The Balaban J connectivity index is 1.72. The van der Waals surface area contributed by atoms with Crippen LogP contribution in [0, 0.1) is 5.41 Å². The zero-order valence-electron chi connectivity index (χ0n) is 13.9. The number of hydrogen-bond acceptors (Lipinski definition) is 5. The van der Waals surface area contributed by atoms with E-state index in [1.807, 2.05) is 39.0 Å². The molecule has 1 aromatic rings. The standard InChI is InChI=1S/C17H24N2O4/c1-17(2,3)15(20)23-19-11-9-13(10-12-19)18-16(21)22-14-7-5-4-6-8-14/h4-8,13H,9-12H2,1-3H3,(H,18,21). The van der Waals surface area contributed by atoms with Crippen molar-refractivity contribution in [3.63, 3.8) is 0 Å². The molecule has 1 aliphatic rings. The average molecular weight is 320 g/mol. The first-order valence-electron chi connectivity index (χ1n) is 7.85. The van der Waals surface area contributed by atoms with Crippen molar-refractivity contribution in [2.45, 2.75) is 39.7 Å². The number of ether oxygens (including phenoxy) is 1. The van der Waals surface area contributed by atoms with E-state index in [0.717, 1.165) is 0 Å². The van der Waals surface area contributed by atoms with Gasteiger partial charge in [-0.3, -0.25) is 0 Å². The number of benzene rings is 1. The maximum Gasteiger partial charge on any atom is 0.412 e. The Kier molecular flexibility index (Phi) is 5.60. The number of nitrogens with zero attached hydrogens (tertiary/aromatic N) is 1. The Morgan fingerprint density at radius 2 is 1.74 bits per heavy atom. The van der Waals surface area contributed by atoms with Gasteiger partial charge < -0.3 is 14.9 Å². The molecule has 0 bridgehead atoms. The molecule has 1 aliphatic heterocycles. The second-order valence-electron chi connectivity index (χ2n) is 6.68. The van der Waals surface area contributed by atoms with Gasteiger partial charge in [-0.25, -0.2) is 9.59 Å². The SMILES string of the molecule is CC(C)(C)C(=O)ON1CCC(NC(=O)Oc2ccccc2)CC1. The Morgan fingerprint density at radius 1 is 1.13 bits per heavy atom. The van der Waals surface area contributed by atoms with Crippen LogP contribution in [0.3, 0.4) is 0 Å². The van der Waals surface area contributed by atoms with E-state index in [1.54, 1.807) is 17.2 Å². The van der Waals surface area contributed by atoms with Gasteiger partial charge in [-0.1, -0.05) is 18.2 Å². The number of amides is 1. The molecular weight excluding hydrogens is 296 g/mol.